The number of nitrogens with one attached hydrogen (secondary N) is 1. The van der Waals surface area contributed by atoms with Crippen molar-refractivity contribution in [3.05, 3.63) is 64.6 Å². The summed E-state index contributed by atoms with van der Waals surface area (Å²) in [5, 5.41) is 0. The molecule has 4 nitrogen and oxygen atoms in total. The van der Waals surface area contributed by atoms with Crippen LogP contribution in [0.1, 0.15) is 19.4 Å². The molecule has 0 atom stereocenters. The lowest BCUT2D eigenvalue weighted by atomic mass is 10.2. The number of aliphatic imine (C=N–C) groups is 1. The zero-order valence-corrected chi connectivity index (χ0v) is 14.7. The molecule has 0 amide bonds. The van der Waals surface area contributed by atoms with Crippen LogP contribution < -0.4 is 4.72 Å². The van der Waals surface area contributed by atoms with Crippen molar-refractivity contribution < 1.29 is 8.42 Å². The summed E-state index contributed by atoms with van der Waals surface area (Å²) >= 11 is 3.37. The second-order valence-electron chi connectivity index (χ2n) is 5.00. The Balaban J connectivity index is 2.38. The molecule has 2 aromatic rings. The lowest BCUT2D eigenvalue weighted by Crippen LogP contribution is -2.32. The van der Waals surface area contributed by atoms with E-state index in [-0.39, 0.29) is 10.9 Å². The Morgan fingerprint density at radius 1 is 1.05 bits per heavy atom. The van der Waals surface area contributed by atoms with Gasteiger partial charge in [0.25, 0.3) is 10.0 Å². The first-order chi connectivity index (χ1) is 10.4. The largest absolute Gasteiger partial charge is 0.265 e. The smallest absolute Gasteiger partial charge is 0.263 e. The fourth-order valence-electron chi connectivity index (χ4n) is 1.81. The lowest BCUT2D eigenvalue weighted by Gasteiger charge is -2.12. The molecule has 22 heavy (non-hydrogen) atoms. The zero-order valence-electron chi connectivity index (χ0n) is 12.3. The van der Waals surface area contributed by atoms with Gasteiger partial charge < -0.3 is 0 Å². The molecule has 0 aliphatic heterocycles. The van der Waals surface area contributed by atoms with E-state index in [9.17, 15) is 8.42 Å². The van der Waals surface area contributed by atoms with Gasteiger partial charge in [0.15, 0.2) is 0 Å². The van der Waals surface area contributed by atoms with Gasteiger partial charge in [-0.05, 0) is 38.1 Å². The van der Waals surface area contributed by atoms with E-state index in [1.807, 2.05) is 38.1 Å². The van der Waals surface area contributed by atoms with Gasteiger partial charge in [-0.3, -0.25) is 9.71 Å². The molecule has 2 aromatic carbocycles. The maximum Gasteiger partial charge on any atom is 0.263 e. The number of hydrogen-bond acceptors (Lipinski definition) is 3. The van der Waals surface area contributed by atoms with Gasteiger partial charge in [0.05, 0.1) is 4.90 Å². The van der Waals surface area contributed by atoms with Crippen LogP contribution in [0, 0.1) is 0 Å². The highest BCUT2D eigenvalue weighted by molar-refractivity contribution is 9.10. The molecule has 0 aliphatic rings. The van der Waals surface area contributed by atoms with Gasteiger partial charge >= 0.3 is 0 Å². The summed E-state index contributed by atoms with van der Waals surface area (Å²) in [7, 11) is -3.66. The number of sulfonamides is 1. The van der Waals surface area contributed by atoms with Crippen molar-refractivity contribution in [2.24, 2.45) is 4.99 Å². The van der Waals surface area contributed by atoms with Gasteiger partial charge in [0, 0.05) is 16.1 Å². The van der Waals surface area contributed by atoms with Crippen molar-refractivity contribution in [1.82, 2.24) is 4.72 Å². The van der Waals surface area contributed by atoms with Crippen LogP contribution in [0.5, 0.6) is 0 Å². The molecule has 116 valence electrons. The van der Waals surface area contributed by atoms with Crippen LogP contribution in [0.15, 0.2) is 69.0 Å². The highest BCUT2D eigenvalue weighted by Crippen LogP contribution is 2.13. The molecule has 0 aliphatic carbocycles. The van der Waals surface area contributed by atoms with Crippen LogP contribution in [0.25, 0.3) is 0 Å². The first kappa shape index (κ1) is 16.7. The standard InChI is InChI=1S/C16H17BrN2O2S/c1-12(2)18-16(13-8-10-14(17)11-9-13)19-22(20,21)15-6-4-3-5-7-15/h3-12H,1-2H3,(H,18,19). The second kappa shape index (κ2) is 7.07. The molecule has 0 radical (unpaired) electrons. The average Bonchev–Trinajstić information content (AvgIpc) is 2.47. The third-order valence-corrected chi connectivity index (χ3v) is 4.67. The van der Waals surface area contributed by atoms with E-state index in [0.717, 1.165) is 10.0 Å². The Morgan fingerprint density at radius 3 is 2.18 bits per heavy atom. The highest BCUT2D eigenvalue weighted by Gasteiger charge is 2.17. The third kappa shape index (κ3) is 4.42. The van der Waals surface area contributed by atoms with Gasteiger partial charge in [-0.15, -0.1) is 0 Å². The van der Waals surface area contributed by atoms with E-state index in [0.29, 0.717) is 5.84 Å². The molecule has 0 fully saturated rings. The highest BCUT2D eigenvalue weighted by atomic mass is 79.9. The Morgan fingerprint density at radius 2 is 1.64 bits per heavy atom. The summed E-state index contributed by atoms with van der Waals surface area (Å²) in [6.45, 7) is 3.80. The van der Waals surface area contributed by atoms with E-state index in [4.69, 9.17) is 0 Å². The predicted molar refractivity (Wildman–Crippen MR) is 92.6 cm³/mol. The van der Waals surface area contributed by atoms with Crippen molar-refractivity contribution in [2.45, 2.75) is 24.8 Å². The van der Waals surface area contributed by atoms with Crippen LogP contribution in [0.3, 0.4) is 0 Å². The van der Waals surface area contributed by atoms with Gasteiger partial charge in [-0.25, -0.2) is 8.42 Å². The number of halogens is 1. The van der Waals surface area contributed by atoms with E-state index in [1.54, 1.807) is 30.3 Å². The van der Waals surface area contributed by atoms with E-state index in [2.05, 4.69) is 25.6 Å². The van der Waals surface area contributed by atoms with E-state index >= 15 is 0 Å². The van der Waals surface area contributed by atoms with Gasteiger partial charge in [-0.1, -0.05) is 46.3 Å². The summed E-state index contributed by atoms with van der Waals surface area (Å²) in [5.41, 5.74) is 0.719. The lowest BCUT2D eigenvalue weighted by molar-refractivity contribution is 0.592. The quantitative estimate of drug-likeness (QED) is 0.650. The van der Waals surface area contributed by atoms with Gasteiger partial charge in [0.1, 0.15) is 5.84 Å². The fraction of sp³-hybridized carbons (Fsp3) is 0.188. The minimum absolute atomic E-state index is 0.0304. The molecule has 0 saturated carbocycles. The van der Waals surface area contributed by atoms with Crippen LogP contribution in [-0.2, 0) is 10.0 Å². The number of amidine groups is 1. The van der Waals surface area contributed by atoms with E-state index in [1.165, 1.54) is 0 Å². The monoisotopic (exact) mass is 380 g/mol. The van der Waals surface area contributed by atoms with E-state index < -0.39 is 10.0 Å². The predicted octanol–water partition coefficient (Wildman–Crippen LogP) is 3.58. The average molecular weight is 381 g/mol. The SMILES string of the molecule is CC(C)N=C(NS(=O)(=O)c1ccccc1)c1ccc(Br)cc1. The van der Waals surface area contributed by atoms with Crippen molar-refractivity contribution in [2.75, 3.05) is 0 Å². The minimum Gasteiger partial charge on any atom is -0.265 e. The first-order valence-corrected chi connectivity index (χ1v) is 9.08. The number of nitrogens with zero attached hydrogens (tertiary/aromatic N) is 1. The fourth-order valence-corrected chi connectivity index (χ4v) is 3.13. The third-order valence-electron chi connectivity index (χ3n) is 2.79. The molecule has 0 unspecified atom stereocenters. The van der Waals surface area contributed by atoms with Crippen molar-refractivity contribution in [1.29, 1.82) is 0 Å². The van der Waals surface area contributed by atoms with Crippen molar-refractivity contribution in [3.63, 3.8) is 0 Å². The molecule has 0 bridgehead atoms. The normalized spacial score (nSPS) is 12.5. The molecule has 0 aromatic heterocycles. The molecule has 0 saturated heterocycles. The second-order valence-corrected chi connectivity index (χ2v) is 7.59. The molecule has 1 N–H and O–H groups in total. The Bertz CT molecular complexity index is 754. The van der Waals surface area contributed by atoms with Crippen LogP contribution >= 0.6 is 15.9 Å². The Kier molecular flexibility index (Phi) is 5.37. The molecule has 0 spiro atoms. The minimum atomic E-state index is -3.66. The first-order valence-electron chi connectivity index (χ1n) is 6.80. The Hall–Kier alpha value is -1.66. The van der Waals surface area contributed by atoms with Crippen molar-refractivity contribution >= 4 is 31.8 Å². The summed E-state index contributed by atoms with van der Waals surface area (Å²) < 4.78 is 28.4. The molecule has 6 heteroatoms. The van der Waals surface area contributed by atoms with Gasteiger partial charge in [-0.2, -0.15) is 0 Å². The number of hydrogen-bond donors (Lipinski definition) is 1. The van der Waals surface area contributed by atoms with Crippen LogP contribution in [-0.4, -0.2) is 20.3 Å². The number of rotatable bonds is 4. The maximum atomic E-state index is 12.5. The topological polar surface area (TPSA) is 58.5 Å². The number of benzene rings is 2. The molecular formula is C16H17BrN2O2S. The molecular weight excluding hydrogens is 364 g/mol. The summed E-state index contributed by atoms with van der Waals surface area (Å²) in [6, 6.07) is 15.6. The molecule has 2 rings (SSSR count). The van der Waals surface area contributed by atoms with Crippen LogP contribution in [0.2, 0.25) is 0 Å². The summed E-state index contributed by atoms with van der Waals surface area (Å²) in [4.78, 5) is 4.61. The summed E-state index contributed by atoms with van der Waals surface area (Å²) in [6.07, 6.45) is 0. The van der Waals surface area contributed by atoms with Gasteiger partial charge in [0.2, 0.25) is 0 Å². The van der Waals surface area contributed by atoms with Crippen LogP contribution in [0.4, 0.5) is 0 Å². The molecule has 0 heterocycles. The Labute approximate surface area is 139 Å². The maximum absolute atomic E-state index is 12.5. The zero-order chi connectivity index (χ0) is 16.2. The summed E-state index contributed by atoms with van der Waals surface area (Å²) in [5.74, 6) is 0.339. The van der Waals surface area contributed by atoms with Crippen molar-refractivity contribution in [3.8, 4) is 0 Å².